The molecule has 0 radical (unpaired) electrons. The van der Waals surface area contributed by atoms with E-state index >= 15 is 0 Å². The van der Waals surface area contributed by atoms with E-state index < -0.39 is 0 Å². The first-order valence-electron chi connectivity index (χ1n) is 7.09. The summed E-state index contributed by atoms with van der Waals surface area (Å²) in [6.45, 7) is 8.04. The van der Waals surface area contributed by atoms with Crippen molar-refractivity contribution < 1.29 is 4.79 Å². The van der Waals surface area contributed by atoms with Crippen LogP contribution in [0.15, 0.2) is 24.3 Å². The van der Waals surface area contributed by atoms with Crippen molar-refractivity contribution in [3.05, 3.63) is 35.4 Å². The summed E-state index contributed by atoms with van der Waals surface area (Å²) in [7, 11) is 0. The number of carbonyl (C=O) groups excluding carboxylic acids is 1. The second-order valence-corrected chi connectivity index (χ2v) is 6.03. The van der Waals surface area contributed by atoms with Crippen molar-refractivity contribution in [2.24, 2.45) is 5.92 Å². The van der Waals surface area contributed by atoms with E-state index in [0.29, 0.717) is 0 Å². The zero-order valence-corrected chi connectivity index (χ0v) is 13.3. The van der Waals surface area contributed by atoms with Crippen LogP contribution in [-0.4, -0.2) is 19.0 Å². The summed E-state index contributed by atoms with van der Waals surface area (Å²) in [5.41, 5.74) is 2.06. The van der Waals surface area contributed by atoms with Crippen LogP contribution in [0.4, 0.5) is 0 Å². The molecule has 112 valence electrons. The molecule has 0 spiro atoms. The highest BCUT2D eigenvalue weighted by atomic mass is 35.5. The Hall–Kier alpha value is -1.06. The van der Waals surface area contributed by atoms with Crippen molar-refractivity contribution in [2.75, 3.05) is 13.1 Å². The van der Waals surface area contributed by atoms with Gasteiger partial charge in [-0.2, -0.15) is 0 Å². The minimum absolute atomic E-state index is 0. The van der Waals surface area contributed by atoms with Gasteiger partial charge in [-0.25, -0.2) is 0 Å². The third-order valence-corrected chi connectivity index (χ3v) is 3.84. The van der Waals surface area contributed by atoms with Crippen LogP contribution in [0.2, 0.25) is 0 Å². The normalized spacial score (nSPS) is 19.1. The Morgan fingerprint density at radius 2 is 2.15 bits per heavy atom. The van der Waals surface area contributed by atoms with Gasteiger partial charge in [0.1, 0.15) is 0 Å². The fourth-order valence-electron chi connectivity index (χ4n) is 2.59. The van der Waals surface area contributed by atoms with E-state index in [0.717, 1.165) is 31.5 Å². The van der Waals surface area contributed by atoms with E-state index in [1.165, 1.54) is 5.56 Å². The number of amides is 1. The molecule has 2 rings (SSSR count). The minimum Gasteiger partial charge on any atom is -0.347 e. The van der Waals surface area contributed by atoms with Gasteiger partial charge >= 0.3 is 0 Å². The SMILES string of the molecule is Cc1cccc(C(C)(C)NC(=O)C2CCCNC2)c1.Cl. The Bertz CT molecular complexity index is 454. The number of aryl methyl sites for hydroxylation is 1. The van der Waals surface area contributed by atoms with E-state index in [1.807, 2.05) is 6.07 Å². The second kappa shape index (κ2) is 7.09. The number of hydrogen-bond acceptors (Lipinski definition) is 2. The van der Waals surface area contributed by atoms with E-state index in [4.69, 9.17) is 0 Å². The molecule has 20 heavy (non-hydrogen) atoms. The molecule has 1 heterocycles. The summed E-state index contributed by atoms with van der Waals surface area (Å²) in [6.07, 6.45) is 2.08. The molecule has 1 aromatic carbocycles. The molecule has 3 nitrogen and oxygen atoms in total. The van der Waals surface area contributed by atoms with Crippen molar-refractivity contribution in [3.63, 3.8) is 0 Å². The molecular weight excluding hydrogens is 272 g/mol. The molecule has 1 unspecified atom stereocenters. The smallest absolute Gasteiger partial charge is 0.225 e. The molecule has 1 aromatic rings. The van der Waals surface area contributed by atoms with Gasteiger partial charge in [-0.1, -0.05) is 29.8 Å². The van der Waals surface area contributed by atoms with E-state index in [2.05, 4.69) is 49.6 Å². The summed E-state index contributed by atoms with van der Waals surface area (Å²) < 4.78 is 0. The van der Waals surface area contributed by atoms with Crippen LogP contribution in [0.3, 0.4) is 0 Å². The lowest BCUT2D eigenvalue weighted by atomic mass is 9.91. The highest BCUT2D eigenvalue weighted by Crippen LogP contribution is 2.22. The largest absolute Gasteiger partial charge is 0.347 e. The zero-order chi connectivity index (χ0) is 13.9. The topological polar surface area (TPSA) is 41.1 Å². The second-order valence-electron chi connectivity index (χ2n) is 6.03. The van der Waals surface area contributed by atoms with Gasteiger partial charge in [0, 0.05) is 6.54 Å². The Kier molecular flexibility index (Phi) is 6.03. The van der Waals surface area contributed by atoms with E-state index in [9.17, 15) is 4.79 Å². The Morgan fingerprint density at radius 1 is 1.40 bits per heavy atom. The van der Waals surface area contributed by atoms with Crippen LogP contribution in [0.1, 0.15) is 37.8 Å². The number of benzene rings is 1. The molecule has 2 N–H and O–H groups in total. The maximum Gasteiger partial charge on any atom is 0.225 e. The third kappa shape index (κ3) is 4.22. The van der Waals surface area contributed by atoms with Crippen LogP contribution in [0, 0.1) is 12.8 Å². The van der Waals surface area contributed by atoms with Gasteiger partial charge < -0.3 is 10.6 Å². The third-order valence-electron chi connectivity index (χ3n) is 3.84. The summed E-state index contributed by atoms with van der Waals surface area (Å²) >= 11 is 0. The summed E-state index contributed by atoms with van der Waals surface area (Å²) in [5, 5.41) is 6.48. The summed E-state index contributed by atoms with van der Waals surface area (Å²) in [6, 6.07) is 8.33. The van der Waals surface area contributed by atoms with Crippen LogP contribution >= 0.6 is 12.4 Å². The molecule has 0 bridgehead atoms. The molecule has 1 amide bonds. The Balaban J connectivity index is 0.00000200. The molecule has 1 saturated heterocycles. The monoisotopic (exact) mass is 296 g/mol. The highest BCUT2D eigenvalue weighted by molar-refractivity contribution is 5.85. The van der Waals surface area contributed by atoms with Gasteiger partial charge in [0.15, 0.2) is 0 Å². The first-order valence-corrected chi connectivity index (χ1v) is 7.09. The van der Waals surface area contributed by atoms with Crippen LogP contribution in [0.25, 0.3) is 0 Å². The van der Waals surface area contributed by atoms with Gasteiger partial charge in [0.05, 0.1) is 11.5 Å². The van der Waals surface area contributed by atoms with Crippen molar-refractivity contribution in [3.8, 4) is 0 Å². The van der Waals surface area contributed by atoms with Crippen molar-refractivity contribution in [1.29, 1.82) is 0 Å². The maximum atomic E-state index is 12.3. The molecular formula is C16H25ClN2O. The minimum atomic E-state index is -0.319. The first kappa shape index (κ1) is 17.0. The molecule has 1 atom stereocenters. The fraction of sp³-hybridized carbons (Fsp3) is 0.562. The molecule has 4 heteroatoms. The van der Waals surface area contributed by atoms with Crippen molar-refractivity contribution in [2.45, 2.75) is 39.2 Å². The number of hydrogen-bond donors (Lipinski definition) is 2. The van der Waals surface area contributed by atoms with Gasteiger partial charge in [0.2, 0.25) is 5.91 Å². The lowest BCUT2D eigenvalue weighted by Gasteiger charge is -2.31. The molecule has 1 aliphatic heterocycles. The van der Waals surface area contributed by atoms with Gasteiger partial charge in [-0.3, -0.25) is 4.79 Å². The molecule has 0 saturated carbocycles. The quantitative estimate of drug-likeness (QED) is 0.900. The van der Waals surface area contributed by atoms with Crippen LogP contribution < -0.4 is 10.6 Å². The van der Waals surface area contributed by atoms with E-state index in [-0.39, 0.29) is 29.8 Å². The van der Waals surface area contributed by atoms with E-state index in [1.54, 1.807) is 0 Å². The van der Waals surface area contributed by atoms with Crippen LogP contribution in [-0.2, 0) is 10.3 Å². The molecule has 1 fully saturated rings. The average Bonchev–Trinajstić information content (AvgIpc) is 2.39. The summed E-state index contributed by atoms with van der Waals surface area (Å²) in [5.74, 6) is 0.275. The number of rotatable bonds is 3. The summed E-state index contributed by atoms with van der Waals surface area (Å²) in [4.78, 5) is 12.3. The van der Waals surface area contributed by atoms with Crippen molar-refractivity contribution in [1.82, 2.24) is 10.6 Å². The van der Waals surface area contributed by atoms with Crippen LogP contribution in [0.5, 0.6) is 0 Å². The lowest BCUT2D eigenvalue weighted by Crippen LogP contribution is -2.47. The number of piperidine rings is 1. The maximum absolute atomic E-state index is 12.3. The van der Waals surface area contributed by atoms with Gasteiger partial charge in [-0.15, -0.1) is 12.4 Å². The molecule has 0 aliphatic carbocycles. The zero-order valence-electron chi connectivity index (χ0n) is 12.5. The van der Waals surface area contributed by atoms with Gasteiger partial charge in [0.25, 0.3) is 0 Å². The standard InChI is InChI=1S/C16H24N2O.ClH/c1-12-6-4-8-14(10-12)16(2,3)18-15(19)13-7-5-9-17-11-13;/h4,6,8,10,13,17H,5,7,9,11H2,1-3H3,(H,18,19);1H. The lowest BCUT2D eigenvalue weighted by molar-refractivity contribution is -0.127. The predicted octanol–water partition coefficient (Wildman–Crippen LogP) is 2.77. The Morgan fingerprint density at radius 3 is 2.75 bits per heavy atom. The highest BCUT2D eigenvalue weighted by Gasteiger charge is 2.28. The molecule has 0 aromatic heterocycles. The number of halogens is 1. The average molecular weight is 297 g/mol. The Labute approximate surface area is 127 Å². The number of nitrogens with one attached hydrogen (secondary N) is 2. The molecule has 1 aliphatic rings. The predicted molar refractivity (Wildman–Crippen MR) is 85.2 cm³/mol. The fourth-order valence-corrected chi connectivity index (χ4v) is 2.59. The van der Waals surface area contributed by atoms with Crippen molar-refractivity contribution >= 4 is 18.3 Å². The number of carbonyl (C=O) groups is 1. The first-order chi connectivity index (χ1) is 8.99. The van der Waals surface area contributed by atoms with Gasteiger partial charge in [-0.05, 0) is 45.7 Å².